The molecule has 1 aromatic rings. The summed E-state index contributed by atoms with van der Waals surface area (Å²) in [5.41, 5.74) is -1.39. The Kier molecular flexibility index (Phi) is 4.11. The van der Waals surface area contributed by atoms with Gasteiger partial charge >= 0.3 is 0 Å². The van der Waals surface area contributed by atoms with Gasteiger partial charge in [-0.1, -0.05) is 19.9 Å². The summed E-state index contributed by atoms with van der Waals surface area (Å²) in [5, 5.41) is 0. The van der Waals surface area contributed by atoms with Gasteiger partial charge in [0.15, 0.2) is 5.60 Å². The second-order valence-corrected chi connectivity index (χ2v) is 5.87. The predicted molar refractivity (Wildman–Crippen MR) is 83.8 cm³/mol. The molecule has 5 heteroatoms. The summed E-state index contributed by atoms with van der Waals surface area (Å²) in [7, 11) is 3.01. The van der Waals surface area contributed by atoms with E-state index in [0.29, 0.717) is 11.4 Å². The lowest BCUT2D eigenvalue weighted by molar-refractivity contribution is -0.148. The van der Waals surface area contributed by atoms with Crippen molar-refractivity contribution in [2.24, 2.45) is 5.41 Å². The lowest BCUT2D eigenvalue weighted by Crippen LogP contribution is -2.52. The molecule has 0 bridgehead atoms. The van der Waals surface area contributed by atoms with E-state index in [1.807, 2.05) is 13.8 Å². The number of amides is 2. The Bertz CT molecular complexity index is 606. The van der Waals surface area contributed by atoms with Crippen molar-refractivity contribution in [1.29, 1.82) is 0 Å². The first kappa shape index (κ1) is 16.2. The molecule has 2 rings (SSSR count). The van der Waals surface area contributed by atoms with Gasteiger partial charge in [-0.2, -0.15) is 0 Å². The van der Waals surface area contributed by atoms with Crippen LogP contribution in [0.25, 0.3) is 0 Å². The van der Waals surface area contributed by atoms with E-state index in [9.17, 15) is 9.59 Å². The van der Waals surface area contributed by atoms with Crippen LogP contribution < -0.4 is 9.64 Å². The number of methoxy groups -OCH3 is 2. The Morgan fingerprint density at radius 1 is 1.23 bits per heavy atom. The number of anilines is 1. The molecule has 0 unspecified atom stereocenters. The molecule has 1 aliphatic heterocycles. The topological polar surface area (TPSA) is 55.8 Å². The van der Waals surface area contributed by atoms with Gasteiger partial charge in [-0.15, -0.1) is 6.58 Å². The third-order valence-corrected chi connectivity index (χ3v) is 4.43. The summed E-state index contributed by atoms with van der Waals surface area (Å²) in [5.74, 6) is 0.00859. The standard InChI is InChI=1S/C17H21NO4/c1-6-16(2,3)17(22-5)11-14(19)18(15(17)20)12-7-9-13(21-4)10-8-12/h6-10H,1,11H2,2-5H3/t17-/m1/s1. The van der Waals surface area contributed by atoms with Gasteiger partial charge in [0.1, 0.15) is 5.75 Å². The maximum atomic E-state index is 12.9. The minimum absolute atomic E-state index is 0.00656. The van der Waals surface area contributed by atoms with Gasteiger partial charge in [-0.3, -0.25) is 9.59 Å². The van der Waals surface area contributed by atoms with E-state index in [-0.39, 0.29) is 18.2 Å². The molecule has 1 atom stereocenters. The Balaban J connectivity index is 2.45. The van der Waals surface area contributed by atoms with Crippen molar-refractivity contribution in [3.8, 4) is 5.75 Å². The average molecular weight is 303 g/mol. The lowest BCUT2D eigenvalue weighted by atomic mass is 9.73. The van der Waals surface area contributed by atoms with Crippen molar-refractivity contribution in [2.45, 2.75) is 25.9 Å². The van der Waals surface area contributed by atoms with E-state index in [0.717, 1.165) is 0 Å². The fourth-order valence-corrected chi connectivity index (χ4v) is 2.74. The second-order valence-electron chi connectivity index (χ2n) is 5.87. The number of hydrogen-bond donors (Lipinski definition) is 0. The van der Waals surface area contributed by atoms with Crippen LogP contribution in [-0.4, -0.2) is 31.6 Å². The Labute approximate surface area is 130 Å². The summed E-state index contributed by atoms with van der Waals surface area (Å²) in [4.78, 5) is 26.5. The van der Waals surface area contributed by atoms with Gasteiger partial charge in [0.25, 0.3) is 5.91 Å². The minimum atomic E-state index is -1.23. The molecule has 1 aliphatic rings. The van der Waals surface area contributed by atoms with Crippen LogP contribution in [0.4, 0.5) is 5.69 Å². The van der Waals surface area contributed by atoms with Gasteiger partial charge in [0, 0.05) is 12.5 Å². The molecular formula is C17H21NO4. The summed E-state index contributed by atoms with van der Waals surface area (Å²) in [6.45, 7) is 7.45. The Hall–Kier alpha value is -2.14. The maximum Gasteiger partial charge on any atom is 0.267 e. The first-order valence-corrected chi connectivity index (χ1v) is 7.03. The largest absolute Gasteiger partial charge is 0.497 e. The van der Waals surface area contributed by atoms with E-state index in [2.05, 4.69) is 6.58 Å². The van der Waals surface area contributed by atoms with Crippen LogP contribution in [-0.2, 0) is 14.3 Å². The molecule has 22 heavy (non-hydrogen) atoms. The molecule has 1 aromatic carbocycles. The van der Waals surface area contributed by atoms with E-state index < -0.39 is 11.0 Å². The van der Waals surface area contributed by atoms with E-state index in [4.69, 9.17) is 9.47 Å². The van der Waals surface area contributed by atoms with Crippen molar-refractivity contribution in [2.75, 3.05) is 19.1 Å². The number of rotatable bonds is 5. The van der Waals surface area contributed by atoms with Gasteiger partial charge in [-0.25, -0.2) is 4.90 Å². The molecule has 1 heterocycles. The highest BCUT2D eigenvalue weighted by molar-refractivity contribution is 6.24. The fraction of sp³-hybridized carbons (Fsp3) is 0.412. The zero-order valence-electron chi connectivity index (χ0n) is 13.4. The highest BCUT2D eigenvalue weighted by atomic mass is 16.5. The molecular weight excluding hydrogens is 282 g/mol. The zero-order valence-corrected chi connectivity index (χ0v) is 13.4. The van der Waals surface area contributed by atoms with E-state index in [1.165, 1.54) is 12.0 Å². The minimum Gasteiger partial charge on any atom is -0.497 e. The molecule has 1 saturated heterocycles. The summed E-state index contributed by atoms with van der Waals surface area (Å²) < 4.78 is 10.6. The van der Waals surface area contributed by atoms with E-state index in [1.54, 1.807) is 37.5 Å². The molecule has 2 amide bonds. The first-order chi connectivity index (χ1) is 10.3. The number of imide groups is 1. The first-order valence-electron chi connectivity index (χ1n) is 7.03. The monoisotopic (exact) mass is 303 g/mol. The molecule has 0 radical (unpaired) electrons. The third kappa shape index (κ3) is 2.22. The van der Waals surface area contributed by atoms with Gasteiger partial charge in [0.2, 0.25) is 5.91 Å². The maximum absolute atomic E-state index is 12.9. The molecule has 118 valence electrons. The van der Waals surface area contributed by atoms with Crippen LogP contribution >= 0.6 is 0 Å². The van der Waals surface area contributed by atoms with Crippen molar-refractivity contribution >= 4 is 17.5 Å². The van der Waals surface area contributed by atoms with Gasteiger partial charge in [-0.05, 0) is 24.3 Å². The van der Waals surface area contributed by atoms with Gasteiger partial charge < -0.3 is 9.47 Å². The fourth-order valence-electron chi connectivity index (χ4n) is 2.74. The van der Waals surface area contributed by atoms with Crippen molar-refractivity contribution in [3.05, 3.63) is 36.9 Å². The number of carbonyl (C=O) groups is 2. The van der Waals surface area contributed by atoms with Crippen molar-refractivity contribution in [1.82, 2.24) is 0 Å². The van der Waals surface area contributed by atoms with Crippen molar-refractivity contribution < 1.29 is 19.1 Å². The zero-order chi connectivity index (χ0) is 16.5. The molecule has 0 N–H and O–H groups in total. The molecule has 0 saturated carbocycles. The van der Waals surface area contributed by atoms with Crippen LogP contribution in [0.15, 0.2) is 36.9 Å². The number of ether oxygens (including phenoxy) is 2. The molecule has 1 fully saturated rings. The highest BCUT2D eigenvalue weighted by Crippen LogP contribution is 2.44. The molecule has 5 nitrogen and oxygen atoms in total. The number of nitrogens with zero attached hydrogens (tertiary/aromatic N) is 1. The van der Waals surface area contributed by atoms with Crippen LogP contribution in [0.2, 0.25) is 0 Å². The number of hydrogen-bond acceptors (Lipinski definition) is 4. The quantitative estimate of drug-likeness (QED) is 0.619. The van der Waals surface area contributed by atoms with Crippen LogP contribution in [0.1, 0.15) is 20.3 Å². The molecule has 0 spiro atoms. The van der Waals surface area contributed by atoms with Crippen LogP contribution in [0.5, 0.6) is 5.75 Å². The average Bonchev–Trinajstić information content (AvgIpc) is 2.79. The summed E-state index contributed by atoms with van der Waals surface area (Å²) >= 11 is 0. The smallest absolute Gasteiger partial charge is 0.267 e. The predicted octanol–water partition coefficient (Wildman–Crippen LogP) is 2.56. The second kappa shape index (κ2) is 5.57. The Morgan fingerprint density at radius 3 is 2.27 bits per heavy atom. The van der Waals surface area contributed by atoms with Gasteiger partial charge in [0.05, 0.1) is 19.2 Å². The number of carbonyl (C=O) groups excluding carboxylic acids is 2. The summed E-state index contributed by atoms with van der Waals surface area (Å²) in [6, 6.07) is 6.78. The highest BCUT2D eigenvalue weighted by Gasteiger charge is 2.59. The third-order valence-electron chi connectivity index (χ3n) is 4.43. The SMILES string of the molecule is C=CC(C)(C)[C@@]1(OC)CC(=O)N(c2ccc(OC)cc2)C1=O. The lowest BCUT2D eigenvalue weighted by Gasteiger charge is -2.38. The van der Waals surface area contributed by atoms with Crippen LogP contribution in [0.3, 0.4) is 0 Å². The van der Waals surface area contributed by atoms with Crippen molar-refractivity contribution in [3.63, 3.8) is 0 Å². The molecule has 0 aliphatic carbocycles. The number of benzene rings is 1. The normalized spacial score (nSPS) is 22.1. The summed E-state index contributed by atoms with van der Waals surface area (Å²) in [6.07, 6.45) is 1.65. The Morgan fingerprint density at radius 2 is 1.82 bits per heavy atom. The van der Waals surface area contributed by atoms with Crippen LogP contribution in [0, 0.1) is 5.41 Å². The van der Waals surface area contributed by atoms with E-state index >= 15 is 0 Å². The molecule has 0 aromatic heterocycles.